The summed E-state index contributed by atoms with van der Waals surface area (Å²) >= 11 is 0. The molecule has 1 atom stereocenters. The van der Waals surface area contributed by atoms with E-state index >= 15 is 0 Å². The van der Waals surface area contributed by atoms with Crippen LogP contribution in [0.1, 0.15) is 55.0 Å². The summed E-state index contributed by atoms with van der Waals surface area (Å²) in [7, 11) is 1.59. The maximum Gasteiger partial charge on any atom is 0.311 e. The second-order valence-corrected chi connectivity index (χ2v) is 7.85. The molecule has 0 aromatic heterocycles. The molecule has 7 heteroatoms. The number of phenolic OH excluding ortho intramolecular Hbond substituents is 1. The molecule has 0 bridgehead atoms. The van der Waals surface area contributed by atoms with Crippen LogP contribution in [-0.4, -0.2) is 35.6 Å². The summed E-state index contributed by atoms with van der Waals surface area (Å²) in [5, 5.41) is 10.3. The van der Waals surface area contributed by atoms with E-state index in [-0.39, 0.29) is 35.9 Å². The van der Waals surface area contributed by atoms with E-state index in [2.05, 4.69) is 4.90 Å². The Labute approximate surface area is 181 Å². The van der Waals surface area contributed by atoms with Crippen molar-refractivity contribution in [2.24, 2.45) is 0 Å². The fourth-order valence-corrected chi connectivity index (χ4v) is 4.40. The molecule has 0 saturated carbocycles. The molecule has 0 fully saturated rings. The first-order valence-corrected chi connectivity index (χ1v) is 10.6. The molecule has 2 aliphatic heterocycles. The van der Waals surface area contributed by atoms with Gasteiger partial charge in [0, 0.05) is 37.5 Å². The lowest BCUT2D eigenvalue weighted by molar-refractivity contribution is -0.135. The van der Waals surface area contributed by atoms with Gasteiger partial charge in [-0.2, -0.15) is 0 Å². The summed E-state index contributed by atoms with van der Waals surface area (Å²) in [4.78, 5) is 25.9. The highest BCUT2D eigenvalue weighted by Gasteiger charge is 2.35. The Morgan fingerprint density at radius 3 is 2.45 bits per heavy atom. The van der Waals surface area contributed by atoms with Crippen LogP contribution >= 0.6 is 0 Å². The third-order valence-corrected chi connectivity index (χ3v) is 6.01. The minimum atomic E-state index is -0.379. The number of nitrogens with zero attached hydrogens (tertiary/aromatic N) is 1. The highest BCUT2D eigenvalue weighted by molar-refractivity contribution is 5.74. The number of phenols is 1. The first-order chi connectivity index (χ1) is 14.9. The predicted molar refractivity (Wildman–Crippen MR) is 114 cm³/mol. The maximum atomic E-state index is 11.8. The molecule has 0 aliphatic carbocycles. The summed E-state index contributed by atoms with van der Waals surface area (Å²) in [5.41, 5.74) is 4.29. The summed E-state index contributed by atoms with van der Waals surface area (Å²) in [6, 6.07) is 7.39. The average Bonchev–Trinajstić information content (AvgIpc) is 2.78. The molecule has 4 rings (SSSR count). The standard InChI is InChI=1S/C24H27NO6/c1-4-22(27)30-20-7-6-14-10-18-16-12-21(31-23(28)5-2)19(26)11-15(16)8-9-25(18)13-17(14)24(20)29-3/h6-7,11-12,18,26H,4-5,8-10,13H2,1-3H3/t18-/m0/s1. The number of esters is 2. The molecule has 2 heterocycles. The molecule has 7 nitrogen and oxygen atoms in total. The van der Waals surface area contributed by atoms with Gasteiger partial charge < -0.3 is 19.3 Å². The SMILES string of the molecule is CCC(=O)Oc1cc2c(cc1O)CCN1Cc3c(ccc(OC(=O)CC)c3OC)C[C@@H]21. The molecule has 0 radical (unpaired) electrons. The van der Waals surface area contributed by atoms with Crippen molar-refractivity contribution in [2.45, 2.75) is 52.1 Å². The second kappa shape index (κ2) is 8.59. The summed E-state index contributed by atoms with van der Waals surface area (Å²) in [6.07, 6.45) is 2.06. The van der Waals surface area contributed by atoms with E-state index in [4.69, 9.17) is 14.2 Å². The lowest BCUT2D eigenvalue weighted by Gasteiger charge is -2.42. The molecule has 0 saturated heterocycles. The van der Waals surface area contributed by atoms with Gasteiger partial charge in [0.1, 0.15) is 0 Å². The van der Waals surface area contributed by atoms with Crippen molar-refractivity contribution < 1.29 is 28.9 Å². The van der Waals surface area contributed by atoms with Gasteiger partial charge in [0.2, 0.25) is 0 Å². The third-order valence-electron chi connectivity index (χ3n) is 6.01. The van der Waals surface area contributed by atoms with Crippen molar-refractivity contribution in [3.63, 3.8) is 0 Å². The van der Waals surface area contributed by atoms with Gasteiger partial charge in [-0.3, -0.25) is 14.5 Å². The molecule has 1 N–H and O–H groups in total. The van der Waals surface area contributed by atoms with E-state index in [1.165, 1.54) is 0 Å². The van der Waals surface area contributed by atoms with E-state index in [1.807, 2.05) is 6.07 Å². The number of carbonyl (C=O) groups is 2. The van der Waals surface area contributed by atoms with Crippen molar-refractivity contribution in [2.75, 3.05) is 13.7 Å². The number of methoxy groups -OCH3 is 1. The molecule has 164 valence electrons. The van der Waals surface area contributed by atoms with Crippen molar-refractivity contribution in [1.29, 1.82) is 0 Å². The lowest BCUT2D eigenvalue weighted by Crippen LogP contribution is -2.39. The number of rotatable bonds is 5. The van der Waals surface area contributed by atoms with Crippen molar-refractivity contribution in [1.82, 2.24) is 4.90 Å². The Kier molecular flexibility index (Phi) is 5.87. The molecule has 2 aromatic carbocycles. The van der Waals surface area contributed by atoms with Crippen LogP contribution in [0.5, 0.6) is 23.0 Å². The number of benzene rings is 2. The first-order valence-electron chi connectivity index (χ1n) is 10.6. The smallest absolute Gasteiger partial charge is 0.311 e. The number of ether oxygens (including phenoxy) is 3. The monoisotopic (exact) mass is 425 g/mol. The Morgan fingerprint density at radius 1 is 1.06 bits per heavy atom. The van der Waals surface area contributed by atoms with Crippen LogP contribution in [-0.2, 0) is 29.0 Å². The van der Waals surface area contributed by atoms with Gasteiger partial charge in [-0.05, 0) is 47.7 Å². The van der Waals surface area contributed by atoms with Gasteiger partial charge in [0.25, 0.3) is 0 Å². The quantitative estimate of drug-likeness (QED) is 0.578. The minimum absolute atomic E-state index is 0.00531. The normalized spacial score (nSPS) is 17.2. The number of hydrogen-bond acceptors (Lipinski definition) is 7. The summed E-state index contributed by atoms with van der Waals surface area (Å²) in [6.45, 7) is 4.96. The van der Waals surface area contributed by atoms with Gasteiger partial charge in [-0.1, -0.05) is 19.9 Å². The highest BCUT2D eigenvalue weighted by Crippen LogP contribution is 2.45. The van der Waals surface area contributed by atoms with Gasteiger partial charge in [-0.25, -0.2) is 0 Å². The van der Waals surface area contributed by atoms with Gasteiger partial charge in [0.15, 0.2) is 23.0 Å². The molecular weight excluding hydrogens is 398 g/mol. The molecule has 2 aromatic rings. The van der Waals surface area contributed by atoms with E-state index in [1.54, 1.807) is 39.2 Å². The lowest BCUT2D eigenvalue weighted by atomic mass is 9.83. The Balaban J connectivity index is 1.69. The van der Waals surface area contributed by atoms with Gasteiger partial charge in [-0.15, -0.1) is 0 Å². The van der Waals surface area contributed by atoms with Crippen LogP contribution in [0.25, 0.3) is 0 Å². The van der Waals surface area contributed by atoms with Gasteiger partial charge in [0.05, 0.1) is 7.11 Å². The zero-order chi connectivity index (χ0) is 22.1. The largest absolute Gasteiger partial charge is 0.504 e. The number of hydrogen-bond donors (Lipinski definition) is 1. The van der Waals surface area contributed by atoms with E-state index < -0.39 is 0 Å². The number of fused-ring (bicyclic) bond motifs is 4. The molecule has 0 unspecified atom stereocenters. The predicted octanol–water partition coefficient (Wildman–Crippen LogP) is 3.69. The van der Waals surface area contributed by atoms with E-state index in [9.17, 15) is 14.7 Å². The Bertz CT molecular complexity index is 1030. The van der Waals surface area contributed by atoms with Crippen LogP contribution in [0, 0.1) is 0 Å². The summed E-state index contributed by atoms with van der Waals surface area (Å²) in [5.74, 6) is 0.574. The Hall–Kier alpha value is -3.06. The van der Waals surface area contributed by atoms with Crippen LogP contribution in [0.4, 0.5) is 0 Å². The third kappa shape index (κ3) is 3.97. The van der Waals surface area contributed by atoms with Gasteiger partial charge >= 0.3 is 11.9 Å². The number of aromatic hydroxyl groups is 1. The van der Waals surface area contributed by atoms with Crippen molar-refractivity contribution >= 4 is 11.9 Å². The fraction of sp³-hybridized carbons (Fsp3) is 0.417. The van der Waals surface area contributed by atoms with E-state index in [0.29, 0.717) is 24.5 Å². The van der Waals surface area contributed by atoms with Crippen molar-refractivity contribution in [3.05, 3.63) is 46.5 Å². The molecular formula is C24H27NO6. The van der Waals surface area contributed by atoms with Crippen LogP contribution in [0.15, 0.2) is 24.3 Å². The Morgan fingerprint density at radius 2 is 1.77 bits per heavy atom. The molecule has 31 heavy (non-hydrogen) atoms. The van der Waals surface area contributed by atoms with Crippen LogP contribution < -0.4 is 14.2 Å². The minimum Gasteiger partial charge on any atom is -0.504 e. The number of carbonyl (C=O) groups excluding carboxylic acids is 2. The molecule has 0 amide bonds. The molecule has 2 aliphatic rings. The average molecular weight is 425 g/mol. The van der Waals surface area contributed by atoms with E-state index in [0.717, 1.165) is 41.6 Å². The summed E-state index contributed by atoms with van der Waals surface area (Å²) < 4.78 is 16.4. The second-order valence-electron chi connectivity index (χ2n) is 7.85. The fourth-order valence-electron chi connectivity index (χ4n) is 4.40. The zero-order valence-electron chi connectivity index (χ0n) is 18.1. The highest BCUT2D eigenvalue weighted by atomic mass is 16.6. The van der Waals surface area contributed by atoms with Crippen molar-refractivity contribution in [3.8, 4) is 23.0 Å². The van der Waals surface area contributed by atoms with Crippen LogP contribution in [0.3, 0.4) is 0 Å². The topological polar surface area (TPSA) is 85.3 Å². The zero-order valence-corrected chi connectivity index (χ0v) is 18.1. The van der Waals surface area contributed by atoms with Crippen LogP contribution in [0.2, 0.25) is 0 Å². The maximum absolute atomic E-state index is 11.8. The first kappa shape index (κ1) is 21.2. The molecule has 0 spiro atoms.